The first-order chi connectivity index (χ1) is 9.34. The number of nitrogens with zero attached hydrogens (tertiary/aromatic N) is 1. The monoisotopic (exact) mass is 382 g/mol. The van der Waals surface area contributed by atoms with E-state index in [0.717, 1.165) is 29.5 Å². The van der Waals surface area contributed by atoms with Crippen molar-refractivity contribution in [2.24, 2.45) is 0 Å². The Hall–Kier alpha value is -0.140. The van der Waals surface area contributed by atoms with Gasteiger partial charge in [-0.1, -0.05) is 40.5 Å². The molecule has 0 amide bonds. The van der Waals surface area contributed by atoms with E-state index in [1.807, 2.05) is 25.1 Å². The second kappa shape index (κ2) is 8.34. The van der Waals surface area contributed by atoms with Crippen molar-refractivity contribution < 1.29 is 8.42 Å². The Morgan fingerprint density at radius 3 is 2.65 bits per heavy atom. The van der Waals surface area contributed by atoms with Crippen LogP contribution in [0, 0.1) is 0 Å². The van der Waals surface area contributed by atoms with Crippen LogP contribution in [0.3, 0.4) is 0 Å². The predicted molar refractivity (Wildman–Crippen MR) is 87.6 cm³/mol. The van der Waals surface area contributed by atoms with E-state index in [2.05, 4.69) is 21.2 Å². The Balaban J connectivity index is 2.32. The summed E-state index contributed by atoms with van der Waals surface area (Å²) in [4.78, 5) is 0. The van der Waals surface area contributed by atoms with E-state index in [0.29, 0.717) is 18.1 Å². The van der Waals surface area contributed by atoms with Crippen LogP contribution in [-0.2, 0) is 16.6 Å². The smallest absolute Gasteiger partial charge is 0.211 e. The van der Waals surface area contributed by atoms with Gasteiger partial charge in [0, 0.05) is 29.1 Å². The lowest BCUT2D eigenvalue weighted by atomic mass is 10.2. The molecule has 0 fully saturated rings. The molecule has 1 rings (SSSR count). The molecule has 1 aromatic rings. The molecule has 4 nitrogen and oxygen atoms in total. The zero-order chi connectivity index (χ0) is 15.2. The maximum atomic E-state index is 11.4. The van der Waals surface area contributed by atoms with E-state index in [4.69, 9.17) is 11.6 Å². The van der Waals surface area contributed by atoms with E-state index in [-0.39, 0.29) is 0 Å². The van der Waals surface area contributed by atoms with Crippen molar-refractivity contribution in [3.63, 3.8) is 0 Å². The van der Waals surface area contributed by atoms with Gasteiger partial charge in [0.05, 0.1) is 6.26 Å². The molecule has 0 aromatic heterocycles. The molecule has 0 aliphatic heterocycles. The van der Waals surface area contributed by atoms with E-state index in [1.54, 1.807) is 0 Å². The molecule has 0 aliphatic rings. The SMILES string of the molecule is CCN(CCCNCc1ccc(Cl)cc1Br)S(C)(=O)=O. The number of rotatable bonds is 8. The molecule has 0 atom stereocenters. The van der Waals surface area contributed by atoms with Crippen molar-refractivity contribution in [2.75, 3.05) is 25.9 Å². The van der Waals surface area contributed by atoms with Crippen LogP contribution < -0.4 is 5.32 Å². The van der Waals surface area contributed by atoms with Gasteiger partial charge in [-0.05, 0) is 30.7 Å². The van der Waals surface area contributed by atoms with Gasteiger partial charge in [-0.2, -0.15) is 0 Å². The average molecular weight is 384 g/mol. The molecule has 0 spiro atoms. The lowest BCUT2D eigenvalue weighted by Gasteiger charge is -2.17. The highest BCUT2D eigenvalue weighted by atomic mass is 79.9. The van der Waals surface area contributed by atoms with Gasteiger partial charge in [-0.25, -0.2) is 12.7 Å². The van der Waals surface area contributed by atoms with Gasteiger partial charge in [0.2, 0.25) is 10.0 Å². The van der Waals surface area contributed by atoms with Crippen molar-refractivity contribution in [1.82, 2.24) is 9.62 Å². The summed E-state index contributed by atoms with van der Waals surface area (Å²) in [5.74, 6) is 0. The molecule has 114 valence electrons. The second-order valence-electron chi connectivity index (χ2n) is 4.52. The highest BCUT2D eigenvalue weighted by Crippen LogP contribution is 2.21. The highest BCUT2D eigenvalue weighted by Gasteiger charge is 2.12. The van der Waals surface area contributed by atoms with Crippen molar-refractivity contribution in [3.8, 4) is 0 Å². The Labute approximate surface area is 134 Å². The minimum absolute atomic E-state index is 0.515. The fourth-order valence-corrected chi connectivity index (χ4v) is 3.58. The summed E-state index contributed by atoms with van der Waals surface area (Å²) in [6.07, 6.45) is 2.03. The molecule has 0 bridgehead atoms. The molecule has 0 saturated heterocycles. The highest BCUT2D eigenvalue weighted by molar-refractivity contribution is 9.10. The summed E-state index contributed by atoms with van der Waals surface area (Å²) in [6.45, 7) is 4.40. The molecule has 0 unspecified atom stereocenters. The minimum atomic E-state index is -3.08. The maximum Gasteiger partial charge on any atom is 0.211 e. The van der Waals surface area contributed by atoms with Crippen LogP contribution in [0.1, 0.15) is 18.9 Å². The van der Waals surface area contributed by atoms with E-state index in [1.165, 1.54) is 10.6 Å². The molecule has 7 heteroatoms. The fourth-order valence-electron chi connectivity index (χ4n) is 1.83. The topological polar surface area (TPSA) is 49.4 Å². The summed E-state index contributed by atoms with van der Waals surface area (Å²) in [6, 6.07) is 5.68. The number of sulfonamides is 1. The molecule has 1 N–H and O–H groups in total. The minimum Gasteiger partial charge on any atom is -0.313 e. The Kier molecular flexibility index (Phi) is 7.47. The first-order valence-electron chi connectivity index (χ1n) is 6.44. The van der Waals surface area contributed by atoms with Gasteiger partial charge < -0.3 is 5.32 Å². The number of nitrogens with one attached hydrogen (secondary N) is 1. The first kappa shape index (κ1) is 17.9. The average Bonchev–Trinajstić information content (AvgIpc) is 2.34. The zero-order valence-corrected chi connectivity index (χ0v) is 14.9. The van der Waals surface area contributed by atoms with Crippen molar-refractivity contribution in [2.45, 2.75) is 19.9 Å². The van der Waals surface area contributed by atoms with Crippen LogP contribution in [-0.4, -0.2) is 38.6 Å². The van der Waals surface area contributed by atoms with Crippen LogP contribution in [0.2, 0.25) is 5.02 Å². The lowest BCUT2D eigenvalue weighted by Crippen LogP contribution is -2.32. The number of benzene rings is 1. The van der Waals surface area contributed by atoms with Gasteiger partial charge in [0.1, 0.15) is 0 Å². The fraction of sp³-hybridized carbons (Fsp3) is 0.538. The normalized spacial score (nSPS) is 12.1. The van der Waals surface area contributed by atoms with Crippen molar-refractivity contribution in [1.29, 1.82) is 0 Å². The standard InChI is InChI=1S/C13H20BrClN2O2S/c1-3-17(20(2,18)19)8-4-7-16-10-11-5-6-12(15)9-13(11)14/h5-6,9,16H,3-4,7-8,10H2,1-2H3. The van der Waals surface area contributed by atoms with Crippen molar-refractivity contribution in [3.05, 3.63) is 33.3 Å². The van der Waals surface area contributed by atoms with Crippen molar-refractivity contribution >= 4 is 37.6 Å². The van der Waals surface area contributed by atoms with E-state index >= 15 is 0 Å². The van der Waals surface area contributed by atoms with Gasteiger partial charge in [0.25, 0.3) is 0 Å². The molecule has 0 radical (unpaired) electrons. The van der Waals surface area contributed by atoms with Crippen LogP contribution in [0.25, 0.3) is 0 Å². The van der Waals surface area contributed by atoms with E-state index in [9.17, 15) is 8.42 Å². The van der Waals surface area contributed by atoms with E-state index < -0.39 is 10.0 Å². The van der Waals surface area contributed by atoms with Gasteiger partial charge >= 0.3 is 0 Å². The Bertz CT molecular complexity index is 537. The quantitative estimate of drug-likeness (QED) is 0.702. The number of halogens is 2. The third kappa shape index (κ3) is 6.10. The Morgan fingerprint density at radius 2 is 2.10 bits per heavy atom. The molecule has 0 aliphatic carbocycles. The molecule has 0 heterocycles. The van der Waals surface area contributed by atoms with Gasteiger partial charge in [0.15, 0.2) is 0 Å². The van der Waals surface area contributed by atoms with Gasteiger partial charge in [-0.15, -0.1) is 0 Å². The zero-order valence-electron chi connectivity index (χ0n) is 11.7. The summed E-state index contributed by atoms with van der Waals surface area (Å²) in [5, 5.41) is 4.00. The van der Waals surface area contributed by atoms with Crippen LogP contribution in [0.4, 0.5) is 0 Å². The molecular formula is C13H20BrClN2O2S. The number of hydrogen-bond acceptors (Lipinski definition) is 3. The molecule has 1 aromatic carbocycles. The third-order valence-electron chi connectivity index (χ3n) is 2.91. The maximum absolute atomic E-state index is 11.4. The summed E-state index contributed by atoms with van der Waals surface area (Å²) < 4.78 is 25.3. The van der Waals surface area contributed by atoms with Crippen LogP contribution in [0.15, 0.2) is 22.7 Å². The lowest BCUT2D eigenvalue weighted by molar-refractivity contribution is 0.419. The second-order valence-corrected chi connectivity index (χ2v) is 7.79. The van der Waals surface area contributed by atoms with Crippen LogP contribution in [0.5, 0.6) is 0 Å². The largest absolute Gasteiger partial charge is 0.313 e. The molecule has 20 heavy (non-hydrogen) atoms. The van der Waals surface area contributed by atoms with Gasteiger partial charge in [-0.3, -0.25) is 0 Å². The Morgan fingerprint density at radius 1 is 1.40 bits per heavy atom. The predicted octanol–water partition coefficient (Wildman–Crippen LogP) is 2.86. The summed E-state index contributed by atoms with van der Waals surface area (Å²) >= 11 is 9.35. The first-order valence-corrected chi connectivity index (χ1v) is 9.46. The van der Waals surface area contributed by atoms with Crippen LogP contribution >= 0.6 is 27.5 Å². The summed E-state index contributed by atoms with van der Waals surface area (Å²) in [7, 11) is -3.08. The molecule has 0 saturated carbocycles. The summed E-state index contributed by atoms with van der Waals surface area (Å²) in [5.41, 5.74) is 1.13. The number of hydrogen-bond donors (Lipinski definition) is 1. The third-order valence-corrected chi connectivity index (χ3v) is 5.27. The molecular weight excluding hydrogens is 364 g/mol.